The first-order valence-corrected chi connectivity index (χ1v) is 10.2. The number of carbonyl (C=O) groups is 1. The number of benzene rings is 1. The van der Waals surface area contributed by atoms with Crippen LogP contribution in [0.1, 0.15) is 31.1 Å². The van der Waals surface area contributed by atoms with Crippen LogP contribution in [0.3, 0.4) is 0 Å². The van der Waals surface area contributed by atoms with Gasteiger partial charge in [0, 0.05) is 5.56 Å². The van der Waals surface area contributed by atoms with E-state index in [0.717, 1.165) is 0 Å². The summed E-state index contributed by atoms with van der Waals surface area (Å²) in [7, 11) is -1.81. The predicted molar refractivity (Wildman–Crippen MR) is 91.0 cm³/mol. The van der Waals surface area contributed by atoms with Crippen LogP contribution >= 0.6 is 0 Å². The Morgan fingerprint density at radius 3 is 2.38 bits per heavy atom. The van der Waals surface area contributed by atoms with Crippen molar-refractivity contribution >= 4 is 14.2 Å². The van der Waals surface area contributed by atoms with Crippen molar-refractivity contribution in [2.75, 3.05) is 6.61 Å². The summed E-state index contributed by atoms with van der Waals surface area (Å²) in [5, 5.41) is 3.10. The normalized spacial score (nSPS) is 13.6. The fraction of sp³-hybridized carbons (Fsp3) is 0.471. The van der Waals surface area contributed by atoms with Gasteiger partial charge in [0.05, 0.1) is 12.6 Å². The Labute approximate surface area is 129 Å². The van der Waals surface area contributed by atoms with Crippen molar-refractivity contribution in [2.45, 2.75) is 44.9 Å². The molecule has 1 N–H and O–H groups in total. The van der Waals surface area contributed by atoms with Gasteiger partial charge in [0.15, 0.2) is 8.32 Å². The maximum absolute atomic E-state index is 12.1. The number of amides is 1. The third-order valence-electron chi connectivity index (χ3n) is 4.07. The summed E-state index contributed by atoms with van der Waals surface area (Å²) in [6.45, 7) is 15.3. The van der Waals surface area contributed by atoms with Gasteiger partial charge in [-0.15, -0.1) is 6.58 Å². The Bertz CT molecular complexity index is 477. The minimum atomic E-state index is -1.81. The van der Waals surface area contributed by atoms with Crippen molar-refractivity contribution < 1.29 is 9.22 Å². The third kappa shape index (κ3) is 5.14. The predicted octanol–water partition coefficient (Wildman–Crippen LogP) is 3.99. The van der Waals surface area contributed by atoms with Gasteiger partial charge in [-0.05, 0) is 30.3 Å². The summed E-state index contributed by atoms with van der Waals surface area (Å²) in [5.74, 6) is -0.0978. The van der Waals surface area contributed by atoms with E-state index in [0.29, 0.717) is 12.2 Å². The lowest BCUT2D eigenvalue weighted by Gasteiger charge is -2.37. The van der Waals surface area contributed by atoms with E-state index in [9.17, 15) is 4.79 Å². The highest BCUT2D eigenvalue weighted by Gasteiger charge is 2.37. The molecule has 0 radical (unpaired) electrons. The second kappa shape index (κ2) is 7.05. The van der Waals surface area contributed by atoms with Crippen LogP contribution in [0.15, 0.2) is 43.0 Å². The van der Waals surface area contributed by atoms with E-state index in [1.165, 1.54) is 0 Å². The molecule has 4 heteroatoms. The Kier molecular flexibility index (Phi) is 5.93. The zero-order valence-corrected chi connectivity index (χ0v) is 14.8. The van der Waals surface area contributed by atoms with Gasteiger partial charge in [0.2, 0.25) is 0 Å². The molecule has 0 spiro atoms. The molecule has 0 aromatic heterocycles. The van der Waals surface area contributed by atoms with E-state index in [1.54, 1.807) is 18.2 Å². The second-order valence-electron chi connectivity index (χ2n) is 6.75. The molecular weight excluding hydrogens is 278 g/mol. The number of hydrogen-bond donors (Lipinski definition) is 1. The smallest absolute Gasteiger partial charge is 0.251 e. The maximum Gasteiger partial charge on any atom is 0.251 e. The lowest BCUT2D eigenvalue weighted by Crippen LogP contribution is -2.45. The van der Waals surface area contributed by atoms with Crippen LogP contribution in [0, 0.1) is 0 Å². The van der Waals surface area contributed by atoms with Crippen molar-refractivity contribution in [2.24, 2.45) is 0 Å². The van der Waals surface area contributed by atoms with Crippen LogP contribution in [-0.4, -0.2) is 26.9 Å². The quantitative estimate of drug-likeness (QED) is 0.637. The molecule has 0 bridgehead atoms. The molecule has 0 aliphatic rings. The second-order valence-corrected chi connectivity index (χ2v) is 11.6. The number of rotatable bonds is 6. The van der Waals surface area contributed by atoms with E-state index in [2.05, 4.69) is 45.8 Å². The van der Waals surface area contributed by atoms with Gasteiger partial charge in [0.25, 0.3) is 5.91 Å². The van der Waals surface area contributed by atoms with E-state index < -0.39 is 8.32 Å². The minimum Gasteiger partial charge on any atom is -0.414 e. The lowest BCUT2D eigenvalue weighted by atomic mass is 10.2. The van der Waals surface area contributed by atoms with E-state index in [1.807, 2.05) is 18.2 Å². The molecule has 1 aromatic rings. The van der Waals surface area contributed by atoms with Crippen molar-refractivity contribution in [1.82, 2.24) is 5.32 Å². The van der Waals surface area contributed by atoms with Gasteiger partial charge in [-0.2, -0.15) is 0 Å². The summed E-state index contributed by atoms with van der Waals surface area (Å²) in [6.07, 6.45) is 1.73. The molecule has 0 saturated carbocycles. The summed E-state index contributed by atoms with van der Waals surface area (Å²) in [5.41, 5.74) is 0.650. The molecule has 1 atom stereocenters. The maximum atomic E-state index is 12.1. The molecule has 1 rings (SSSR count). The highest BCUT2D eigenvalue weighted by molar-refractivity contribution is 6.74. The average molecular weight is 305 g/mol. The Morgan fingerprint density at radius 1 is 1.33 bits per heavy atom. The molecule has 0 aliphatic carbocycles. The molecular formula is C17H27NO2Si. The van der Waals surface area contributed by atoms with Crippen molar-refractivity contribution in [3.05, 3.63) is 48.6 Å². The fourth-order valence-electron chi connectivity index (χ4n) is 1.52. The zero-order valence-electron chi connectivity index (χ0n) is 13.8. The standard InChI is InChI=1S/C17H27NO2Si/c1-7-15(13-20-21(5,6)17(2,3)4)18-16(19)14-11-9-8-10-12-14/h7-12,15H,1,13H2,2-6H3,(H,18,19)/t15-/m0/s1. The van der Waals surface area contributed by atoms with Crippen molar-refractivity contribution in [3.63, 3.8) is 0 Å². The van der Waals surface area contributed by atoms with Gasteiger partial charge in [-0.25, -0.2) is 0 Å². The van der Waals surface area contributed by atoms with Crippen LogP contribution < -0.4 is 5.32 Å². The van der Waals surface area contributed by atoms with Crippen LogP contribution in [0.4, 0.5) is 0 Å². The van der Waals surface area contributed by atoms with Gasteiger partial charge >= 0.3 is 0 Å². The molecule has 116 valence electrons. The Morgan fingerprint density at radius 2 is 1.90 bits per heavy atom. The molecule has 0 unspecified atom stereocenters. The fourth-order valence-corrected chi connectivity index (χ4v) is 2.55. The molecule has 0 heterocycles. The van der Waals surface area contributed by atoms with Gasteiger partial charge < -0.3 is 9.74 Å². The van der Waals surface area contributed by atoms with Crippen molar-refractivity contribution in [1.29, 1.82) is 0 Å². The third-order valence-corrected chi connectivity index (χ3v) is 8.57. The SMILES string of the molecule is C=C[C@@H](CO[Si](C)(C)C(C)(C)C)NC(=O)c1ccccc1. The first-order chi connectivity index (χ1) is 9.67. The molecule has 21 heavy (non-hydrogen) atoms. The number of hydrogen-bond acceptors (Lipinski definition) is 2. The average Bonchev–Trinajstić information content (AvgIpc) is 2.43. The summed E-state index contributed by atoms with van der Waals surface area (Å²) >= 11 is 0. The van der Waals surface area contributed by atoms with Crippen LogP contribution in [0.2, 0.25) is 18.1 Å². The van der Waals surface area contributed by atoms with E-state index in [-0.39, 0.29) is 17.0 Å². The van der Waals surface area contributed by atoms with Crippen LogP contribution in [0.5, 0.6) is 0 Å². The van der Waals surface area contributed by atoms with Crippen molar-refractivity contribution in [3.8, 4) is 0 Å². The Hall–Kier alpha value is -1.39. The van der Waals surface area contributed by atoms with Gasteiger partial charge in [0.1, 0.15) is 0 Å². The van der Waals surface area contributed by atoms with E-state index in [4.69, 9.17) is 4.43 Å². The monoisotopic (exact) mass is 305 g/mol. The topological polar surface area (TPSA) is 38.3 Å². The zero-order chi connectivity index (χ0) is 16.1. The number of carbonyl (C=O) groups excluding carboxylic acids is 1. The highest BCUT2D eigenvalue weighted by Crippen LogP contribution is 2.36. The molecule has 0 fully saturated rings. The summed E-state index contributed by atoms with van der Waals surface area (Å²) in [4.78, 5) is 12.1. The molecule has 1 amide bonds. The largest absolute Gasteiger partial charge is 0.414 e. The minimum absolute atomic E-state index is 0.0978. The highest BCUT2D eigenvalue weighted by atomic mass is 28.4. The van der Waals surface area contributed by atoms with Gasteiger partial charge in [-0.1, -0.05) is 45.0 Å². The van der Waals surface area contributed by atoms with Crippen LogP contribution in [-0.2, 0) is 4.43 Å². The molecule has 3 nitrogen and oxygen atoms in total. The van der Waals surface area contributed by atoms with Crippen LogP contribution in [0.25, 0.3) is 0 Å². The summed E-state index contributed by atoms with van der Waals surface area (Å²) < 4.78 is 6.14. The van der Waals surface area contributed by atoms with E-state index >= 15 is 0 Å². The first kappa shape index (κ1) is 17.7. The molecule has 0 saturated heterocycles. The van der Waals surface area contributed by atoms with Gasteiger partial charge in [-0.3, -0.25) is 4.79 Å². The first-order valence-electron chi connectivity index (χ1n) is 7.30. The lowest BCUT2D eigenvalue weighted by molar-refractivity contribution is 0.0931. The summed E-state index contributed by atoms with van der Waals surface area (Å²) in [6, 6.07) is 9.01. The Balaban J connectivity index is 2.61. The number of nitrogens with one attached hydrogen (secondary N) is 1. The molecule has 0 aliphatic heterocycles. The molecule has 1 aromatic carbocycles.